The molecule has 72 valence electrons. The Morgan fingerprint density at radius 1 is 1.40 bits per heavy atom. The lowest BCUT2D eigenvalue weighted by Crippen LogP contribution is -2.13. The maximum Gasteiger partial charge on any atom is 0.251 e. The second-order valence-corrected chi connectivity index (χ2v) is 3.49. The molecule has 1 amide bonds. The topological polar surface area (TPSA) is 56.0 Å². The van der Waals surface area contributed by atoms with Gasteiger partial charge in [0.15, 0.2) is 0 Å². The minimum Gasteiger partial charge on any atom is -0.366 e. The predicted molar refractivity (Wildman–Crippen MR) is 57.5 cm³/mol. The van der Waals surface area contributed by atoms with E-state index in [0.29, 0.717) is 11.3 Å². The van der Waals surface area contributed by atoms with Crippen molar-refractivity contribution in [1.82, 2.24) is 4.98 Å². The van der Waals surface area contributed by atoms with Crippen LogP contribution < -0.4 is 5.73 Å². The first kappa shape index (κ1) is 8.17. The van der Waals surface area contributed by atoms with Crippen LogP contribution in [0, 0.1) is 0 Å². The van der Waals surface area contributed by atoms with Gasteiger partial charge in [0.25, 0.3) is 5.91 Å². The summed E-state index contributed by atoms with van der Waals surface area (Å²) >= 11 is 0. The summed E-state index contributed by atoms with van der Waals surface area (Å²) < 4.78 is 0. The summed E-state index contributed by atoms with van der Waals surface area (Å²) in [6.07, 6.45) is 7.47. The zero-order valence-corrected chi connectivity index (χ0v) is 7.90. The van der Waals surface area contributed by atoms with Crippen LogP contribution in [0.3, 0.4) is 0 Å². The highest BCUT2D eigenvalue weighted by Crippen LogP contribution is 2.42. The van der Waals surface area contributed by atoms with Gasteiger partial charge >= 0.3 is 0 Å². The monoisotopic (exact) mass is 196 g/mol. The number of fused-ring (bicyclic) bond motifs is 3. The van der Waals surface area contributed by atoms with E-state index in [2.05, 4.69) is 4.98 Å². The molecular weight excluding hydrogens is 188 g/mol. The fourth-order valence-corrected chi connectivity index (χ4v) is 2.07. The van der Waals surface area contributed by atoms with Gasteiger partial charge in [-0.3, -0.25) is 9.78 Å². The van der Waals surface area contributed by atoms with Crippen LogP contribution in [0.2, 0.25) is 0 Å². The average molecular weight is 196 g/mol. The van der Waals surface area contributed by atoms with E-state index in [4.69, 9.17) is 5.73 Å². The number of allylic oxidation sites excluding steroid dienone is 5. The van der Waals surface area contributed by atoms with Crippen molar-refractivity contribution in [3.8, 4) is 0 Å². The summed E-state index contributed by atoms with van der Waals surface area (Å²) in [4.78, 5) is 15.6. The van der Waals surface area contributed by atoms with Crippen LogP contribution in [0.15, 0.2) is 42.1 Å². The van der Waals surface area contributed by atoms with Crippen molar-refractivity contribution in [3.63, 3.8) is 0 Å². The molecule has 3 nitrogen and oxygen atoms in total. The Hall–Kier alpha value is -2.16. The Labute approximate surface area is 86.6 Å². The van der Waals surface area contributed by atoms with Crippen molar-refractivity contribution < 1.29 is 4.79 Å². The number of amides is 1. The summed E-state index contributed by atoms with van der Waals surface area (Å²) in [5.74, 6) is -0.417. The van der Waals surface area contributed by atoms with E-state index in [0.717, 1.165) is 16.7 Å². The van der Waals surface area contributed by atoms with E-state index in [1.165, 1.54) is 0 Å². The number of aromatic nitrogens is 1. The summed E-state index contributed by atoms with van der Waals surface area (Å²) in [7, 11) is 0. The first-order chi connectivity index (χ1) is 7.29. The number of primary amides is 1. The molecule has 1 aromatic rings. The standard InChI is InChI=1S/C12H8N2O/c13-12(15)10-8-4-1-3-7(8)9-5-2-6-14-11(9)10/h1-6H,(H2,13,15). The van der Waals surface area contributed by atoms with E-state index in [9.17, 15) is 4.79 Å². The Kier molecular flexibility index (Phi) is 1.45. The van der Waals surface area contributed by atoms with Crippen molar-refractivity contribution in [1.29, 1.82) is 0 Å². The number of hydrogen-bond donors (Lipinski definition) is 1. The van der Waals surface area contributed by atoms with E-state index in [1.807, 2.05) is 30.4 Å². The van der Waals surface area contributed by atoms with Gasteiger partial charge in [-0.1, -0.05) is 24.3 Å². The van der Waals surface area contributed by atoms with Gasteiger partial charge in [0.1, 0.15) is 0 Å². The lowest BCUT2D eigenvalue weighted by molar-refractivity contribution is -0.112. The average Bonchev–Trinajstić information content (AvgIpc) is 2.75. The molecular formula is C12H8N2O. The molecule has 0 saturated carbocycles. The first-order valence-electron chi connectivity index (χ1n) is 4.67. The van der Waals surface area contributed by atoms with Crippen molar-refractivity contribution in [2.24, 2.45) is 5.73 Å². The molecule has 2 aliphatic carbocycles. The maximum atomic E-state index is 11.4. The molecule has 15 heavy (non-hydrogen) atoms. The van der Waals surface area contributed by atoms with Crippen LogP contribution in [0.1, 0.15) is 11.3 Å². The molecule has 2 N–H and O–H groups in total. The van der Waals surface area contributed by atoms with Crippen LogP contribution in [0.5, 0.6) is 0 Å². The molecule has 0 fully saturated rings. The molecule has 3 rings (SSSR count). The van der Waals surface area contributed by atoms with Gasteiger partial charge in [-0.25, -0.2) is 0 Å². The molecule has 0 saturated heterocycles. The SMILES string of the molecule is NC(=O)C1=C2C=CC=C2c2cccnc21. The lowest BCUT2D eigenvalue weighted by atomic mass is 10.1. The third kappa shape index (κ3) is 0.944. The van der Waals surface area contributed by atoms with Gasteiger partial charge in [0, 0.05) is 11.8 Å². The van der Waals surface area contributed by atoms with E-state index < -0.39 is 5.91 Å². The van der Waals surface area contributed by atoms with Gasteiger partial charge in [0.05, 0.1) is 11.3 Å². The first-order valence-corrected chi connectivity index (χ1v) is 4.67. The summed E-state index contributed by atoms with van der Waals surface area (Å²) in [5.41, 5.74) is 9.55. The highest BCUT2D eigenvalue weighted by Gasteiger charge is 2.30. The minimum absolute atomic E-state index is 0.417. The van der Waals surface area contributed by atoms with Gasteiger partial charge in [-0.2, -0.15) is 0 Å². The maximum absolute atomic E-state index is 11.4. The largest absolute Gasteiger partial charge is 0.366 e. The molecule has 0 aromatic carbocycles. The van der Waals surface area contributed by atoms with Crippen molar-refractivity contribution in [2.45, 2.75) is 0 Å². The van der Waals surface area contributed by atoms with Gasteiger partial charge in [-0.05, 0) is 17.2 Å². The quantitative estimate of drug-likeness (QED) is 0.735. The Morgan fingerprint density at radius 3 is 3.07 bits per heavy atom. The van der Waals surface area contributed by atoms with Crippen molar-refractivity contribution in [2.75, 3.05) is 0 Å². The molecule has 1 heterocycles. The molecule has 0 spiro atoms. The second kappa shape index (κ2) is 2.67. The minimum atomic E-state index is -0.417. The fourth-order valence-electron chi connectivity index (χ4n) is 2.07. The summed E-state index contributed by atoms with van der Waals surface area (Å²) in [6.45, 7) is 0. The number of carbonyl (C=O) groups excluding carboxylic acids is 1. The molecule has 0 aliphatic heterocycles. The van der Waals surface area contributed by atoms with E-state index in [1.54, 1.807) is 6.20 Å². The van der Waals surface area contributed by atoms with E-state index in [-0.39, 0.29) is 0 Å². The highest BCUT2D eigenvalue weighted by molar-refractivity contribution is 6.27. The Bertz CT molecular complexity index is 565. The Morgan fingerprint density at radius 2 is 2.27 bits per heavy atom. The zero-order chi connectivity index (χ0) is 10.4. The number of pyridine rings is 1. The van der Waals surface area contributed by atoms with Crippen LogP contribution in [-0.2, 0) is 4.79 Å². The fraction of sp³-hybridized carbons (Fsp3) is 0. The number of hydrogen-bond acceptors (Lipinski definition) is 2. The molecule has 1 aromatic heterocycles. The molecule has 3 heteroatoms. The Balaban J connectivity index is 2.36. The van der Waals surface area contributed by atoms with Crippen molar-refractivity contribution in [3.05, 3.63) is 53.4 Å². The molecule has 2 aliphatic rings. The number of carbonyl (C=O) groups is 1. The molecule has 0 bridgehead atoms. The molecule has 0 radical (unpaired) electrons. The van der Waals surface area contributed by atoms with Crippen LogP contribution in [0.4, 0.5) is 0 Å². The lowest BCUT2D eigenvalue weighted by Gasteiger charge is -1.99. The molecule has 0 unspecified atom stereocenters. The highest BCUT2D eigenvalue weighted by atomic mass is 16.1. The van der Waals surface area contributed by atoms with Gasteiger partial charge in [0.2, 0.25) is 0 Å². The number of rotatable bonds is 1. The zero-order valence-electron chi connectivity index (χ0n) is 7.90. The normalized spacial score (nSPS) is 16.4. The van der Waals surface area contributed by atoms with Gasteiger partial charge in [-0.15, -0.1) is 0 Å². The van der Waals surface area contributed by atoms with Crippen LogP contribution >= 0.6 is 0 Å². The predicted octanol–water partition coefficient (Wildman–Crippen LogP) is 1.29. The molecule has 0 atom stereocenters. The smallest absolute Gasteiger partial charge is 0.251 e. The third-order valence-corrected chi connectivity index (χ3v) is 2.67. The summed E-state index contributed by atoms with van der Waals surface area (Å²) in [5, 5.41) is 0. The number of nitrogens with two attached hydrogens (primary N) is 1. The van der Waals surface area contributed by atoms with Crippen LogP contribution in [-0.4, -0.2) is 10.9 Å². The van der Waals surface area contributed by atoms with E-state index >= 15 is 0 Å². The number of nitrogens with zero attached hydrogens (tertiary/aromatic N) is 1. The second-order valence-electron chi connectivity index (χ2n) is 3.49. The summed E-state index contributed by atoms with van der Waals surface area (Å²) in [6, 6.07) is 3.82. The van der Waals surface area contributed by atoms with Gasteiger partial charge < -0.3 is 5.73 Å². The van der Waals surface area contributed by atoms with Crippen LogP contribution in [0.25, 0.3) is 11.1 Å². The third-order valence-electron chi connectivity index (χ3n) is 2.67. The van der Waals surface area contributed by atoms with Crippen molar-refractivity contribution >= 4 is 17.1 Å².